The van der Waals surface area contributed by atoms with Gasteiger partial charge in [-0.05, 0) is 12.1 Å². The summed E-state index contributed by atoms with van der Waals surface area (Å²) in [4.78, 5) is 22.2. The van der Waals surface area contributed by atoms with Gasteiger partial charge in [0.15, 0.2) is 11.5 Å². The number of rotatable bonds is 9. The third kappa shape index (κ3) is 5.52. The minimum absolute atomic E-state index is 0.00456. The predicted octanol–water partition coefficient (Wildman–Crippen LogP) is 1.13. The highest BCUT2D eigenvalue weighted by molar-refractivity contribution is 5.97. The van der Waals surface area contributed by atoms with Crippen LogP contribution in [0.1, 0.15) is 10.4 Å². The van der Waals surface area contributed by atoms with Crippen LogP contribution in [0.15, 0.2) is 18.2 Å². The summed E-state index contributed by atoms with van der Waals surface area (Å²) in [6.45, 7) is -3.62. The minimum atomic E-state index is -3.11. The van der Waals surface area contributed by atoms with Gasteiger partial charge in [-0.25, -0.2) is 4.79 Å². The number of para-hydroxylation sites is 1. The van der Waals surface area contributed by atoms with Crippen molar-refractivity contribution in [1.82, 2.24) is 5.32 Å². The molecule has 0 aliphatic rings. The van der Waals surface area contributed by atoms with E-state index in [1.54, 1.807) is 0 Å². The maximum atomic E-state index is 12.4. The van der Waals surface area contributed by atoms with Gasteiger partial charge in [-0.3, -0.25) is 4.79 Å². The Bertz CT molecular complexity index is 523. The minimum Gasteiger partial charge on any atom is -0.493 e. The molecule has 2 N–H and O–H groups in total. The summed E-state index contributed by atoms with van der Waals surface area (Å²) in [7, 11) is 1.26. The van der Waals surface area contributed by atoms with Gasteiger partial charge >= 0.3 is 12.6 Å². The van der Waals surface area contributed by atoms with Crippen LogP contribution in [-0.4, -0.2) is 50.5 Å². The van der Waals surface area contributed by atoms with Gasteiger partial charge in [-0.15, -0.1) is 0 Å². The zero-order valence-electron chi connectivity index (χ0n) is 11.7. The van der Waals surface area contributed by atoms with Crippen molar-refractivity contribution in [2.45, 2.75) is 6.61 Å². The molecule has 0 aromatic heterocycles. The van der Waals surface area contributed by atoms with Crippen LogP contribution in [0.3, 0.4) is 0 Å². The predicted molar refractivity (Wildman–Crippen MR) is 70.4 cm³/mol. The number of alkyl halides is 2. The van der Waals surface area contributed by atoms with E-state index in [1.165, 1.54) is 25.3 Å². The molecule has 0 aliphatic carbocycles. The molecule has 22 heavy (non-hydrogen) atoms. The fourth-order valence-electron chi connectivity index (χ4n) is 1.56. The Morgan fingerprint density at radius 1 is 1.36 bits per heavy atom. The molecule has 0 saturated carbocycles. The molecule has 9 heteroatoms. The van der Waals surface area contributed by atoms with E-state index in [1.807, 2.05) is 0 Å². The van der Waals surface area contributed by atoms with E-state index >= 15 is 0 Å². The fourth-order valence-corrected chi connectivity index (χ4v) is 1.56. The number of nitrogens with one attached hydrogen (secondary N) is 1. The lowest BCUT2D eigenvalue weighted by Crippen LogP contribution is -2.28. The Kier molecular flexibility index (Phi) is 7.03. The number of carboxylic acid groups (broad SMARTS) is 1. The van der Waals surface area contributed by atoms with Crippen molar-refractivity contribution in [3.8, 4) is 11.5 Å². The summed E-state index contributed by atoms with van der Waals surface area (Å²) in [6, 6.07) is 4.13. The largest absolute Gasteiger partial charge is 0.493 e. The lowest BCUT2D eigenvalue weighted by molar-refractivity contribution is -0.142. The molecule has 0 aliphatic heterocycles. The van der Waals surface area contributed by atoms with Gasteiger partial charge in [-0.2, -0.15) is 8.78 Å². The number of carbonyl (C=O) groups excluding carboxylic acids is 1. The van der Waals surface area contributed by atoms with Crippen molar-refractivity contribution in [2.24, 2.45) is 0 Å². The summed E-state index contributed by atoms with van der Waals surface area (Å²) >= 11 is 0. The zero-order valence-corrected chi connectivity index (χ0v) is 11.7. The number of hydrogen-bond donors (Lipinski definition) is 2. The van der Waals surface area contributed by atoms with Gasteiger partial charge in [0.1, 0.15) is 6.61 Å². The highest BCUT2D eigenvalue weighted by atomic mass is 19.3. The highest BCUT2D eigenvalue weighted by Gasteiger charge is 2.19. The molecule has 1 rings (SSSR count). The van der Waals surface area contributed by atoms with Crippen LogP contribution in [0.25, 0.3) is 0 Å². The lowest BCUT2D eigenvalue weighted by Gasteiger charge is -2.14. The Morgan fingerprint density at radius 3 is 2.68 bits per heavy atom. The van der Waals surface area contributed by atoms with Crippen LogP contribution in [0, 0.1) is 0 Å². The average molecular weight is 319 g/mol. The van der Waals surface area contributed by atoms with E-state index < -0.39 is 25.1 Å². The maximum absolute atomic E-state index is 12.4. The van der Waals surface area contributed by atoms with Crippen LogP contribution in [0.2, 0.25) is 0 Å². The van der Waals surface area contributed by atoms with Crippen LogP contribution in [0.4, 0.5) is 8.78 Å². The molecule has 0 atom stereocenters. The molecule has 1 aromatic carbocycles. The first-order valence-electron chi connectivity index (χ1n) is 6.15. The number of benzene rings is 1. The monoisotopic (exact) mass is 319 g/mol. The molecule has 7 nitrogen and oxygen atoms in total. The van der Waals surface area contributed by atoms with Crippen molar-refractivity contribution < 1.29 is 37.7 Å². The Morgan fingerprint density at radius 2 is 2.09 bits per heavy atom. The van der Waals surface area contributed by atoms with E-state index in [0.717, 1.165) is 0 Å². The van der Waals surface area contributed by atoms with Gasteiger partial charge in [0.2, 0.25) is 0 Å². The third-order valence-electron chi connectivity index (χ3n) is 2.41. The molecule has 0 radical (unpaired) electrons. The van der Waals surface area contributed by atoms with Crippen LogP contribution >= 0.6 is 0 Å². The van der Waals surface area contributed by atoms with Crippen molar-refractivity contribution in [3.05, 3.63) is 23.8 Å². The first-order valence-corrected chi connectivity index (χ1v) is 6.15. The second-order valence-corrected chi connectivity index (χ2v) is 3.92. The average Bonchev–Trinajstić information content (AvgIpc) is 2.46. The lowest BCUT2D eigenvalue weighted by atomic mass is 10.1. The molecule has 0 fully saturated rings. The van der Waals surface area contributed by atoms with Gasteiger partial charge in [-0.1, -0.05) is 6.07 Å². The van der Waals surface area contributed by atoms with E-state index in [-0.39, 0.29) is 30.2 Å². The highest BCUT2D eigenvalue weighted by Crippen LogP contribution is 2.32. The smallest absolute Gasteiger partial charge is 0.387 e. The van der Waals surface area contributed by atoms with Crippen molar-refractivity contribution in [3.63, 3.8) is 0 Å². The summed E-state index contributed by atoms with van der Waals surface area (Å²) in [5.41, 5.74) is -0.127. The number of halogens is 2. The Hall–Kier alpha value is -2.42. The van der Waals surface area contributed by atoms with E-state index in [9.17, 15) is 18.4 Å². The normalized spacial score (nSPS) is 10.4. The van der Waals surface area contributed by atoms with Crippen LogP contribution < -0.4 is 14.8 Å². The number of ether oxygens (including phenoxy) is 3. The summed E-state index contributed by atoms with van der Waals surface area (Å²) in [5.74, 6) is -2.18. The Labute approximate surface area is 124 Å². The molecule has 1 amide bonds. The SMILES string of the molecule is COc1cccc(C(=O)NCCOCC(=O)O)c1OC(F)F. The van der Waals surface area contributed by atoms with Gasteiger partial charge in [0.05, 0.1) is 19.3 Å². The number of hydrogen-bond acceptors (Lipinski definition) is 5. The van der Waals surface area contributed by atoms with Gasteiger partial charge in [0, 0.05) is 6.54 Å². The molecule has 0 heterocycles. The number of amides is 1. The summed E-state index contributed by atoms with van der Waals surface area (Å²) in [5, 5.41) is 10.8. The van der Waals surface area contributed by atoms with E-state index in [4.69, 9.17) is 14.6 Å². The second kappa shape index (κ2) is 8.78. The summed E-state index contributed by atoms with van der Waals surface area (Å²) in [6.07, 6.45) is 0. The van der Waals surface area contributed by atoms with E-state index in [2.05, 4.69) is 10.1 Å². The standard InChI is InChI=1S/C13H15F2NO6/c1-20-9-4-2-3-8(11(9)22-13(14)15)12(19)16-5-6-21-7-10(17)18/h2-4,13H,5-7H2,1H3,(H,16,19)(H,17,18). The topological polar surface area (TPSA) is 94.1 Å². The molecule has 1 aromatic rings. The molecule has 0 bridgehead atoms. The van der Waals surface area contributed by atoms with Gasteiger partial charge in [0.25, 0.3) is 5.91 Å². The number of carbonyl (C=O) groups is 2. The molecule has 0 spiro atoms. The second-order valence-electron chi connectivity index (χ2n) is 3.92. The van der Waals surface area contributed by atoms with Crippen molar-refractivity contribution in [2.75, 3.05) is 26.9 Å². The Balaban J connectivity index is 2.69. The van der Waals surface area contributed by atoms with Gasteiger partial charge < -0.3 is 24.6 Å². The molecular weight excluding hydrogens is 304 g/mol. The first-order chi connectivity index (χ1) is 10.5. The molecule has 0 unspecified atom stereocenters. The number of aliphatic carboxylic acids is 1. The first kappa shape index (κ1) is 17.6. The zero-order chi connectivity index (χ0) is 16.5. The van der Waals surface area contributed by atoms with Crippen LogP contribution in [-0.2, 0) is 9.53 Å². The molecular formula is C13H15F2NO6. The fraction of sp³-hybridized carbons (Fsp3) is 0.385. The van der Waals surface area contributed by atoms with Crippen molar-refractivity contribution >= 4 is 11.9 Å². The summed E-state index contributed by atoms with van der Waals surface area (Å²) < 4.78 is 38.8. The number of carboxylic acids is 1. The van der Waals surface area contributed by atoms with Crippen LogP contribution in [0.5, 0.6) is 11.5 Å². The van der Waals surface area contributed by atoms with Crippen molar-refractivity contribution in [1.29, 1.82) is 0 Å². The maximum Gasteiger partial charge on any atom is 0.387 e. The quantitative estimate of drug-likeness (QED) is 0.663. The molecule has 122 valence electrons. The number of methoxy groups -OCH3 is 1. The van der Waals surface area contributed by atoms with E-state index in [0.29, 0.717) is 0 Å². The third-order valence-corrected chi connectivity index (χ3v) is 2.41. The molecule has 0 saturated heterocycles.